The minimum absolute atomic E-state index is 0.419. The topological polar surface area (TPSA) is 99.4 Å². The van der Waals surface area contributed by atoms with Crippen molar-refractivity contribution in [3.63, 3.8) is 0 Å². The van der Waals surface area contributed by atoms with Crippen molar-refractivity contribution in [2.45, 2.75) is 88.5 Å². The molecule has 0 spiro atoms. The van der Waals surface area contributed by atoms with Crippen molar-refractivity contribution in [2.75, 3.05) is 13.7 Å². The third-order valence-corrected chi connectivity index (χ3v) is 4.55. The van der Waals surface area contributed by atoms with Crippen LogP contribution in [-0.2, 0) is 9.47 Å². The number of aliphatic hydroxyl groups excluding tert-OH is 4. The van der Waals surface area contributed by atoms with Gasteiger partial charge in [0.1, 0.15) is 23.9 Å². The molecule has 0 aliphatic carbocycles. The maximum Gasteiger partial charge on any atom is 0.186 e. The van der Waals surface area contributed by atoms with Gasteiger partial charge in [0.25, 0.3) is 0 Å². The highest BCUT2D eigenvalue weighted by atomic mass is 16.7. The zero-order chi connectivity index (χ0) is 16.6. The molecule has 5 atom stereocenters. The molecule has 0 aromatic heterocycles. The lowest BCUT2D eigenvalue weighted by molar-refractivity contribution is -0.334. The summed E-state index contributed by atoms with van der Waals surface area (Å²) in [6.07, 6.45) is 3.08. The Labute approximate surface area is 133 Å². The zero-order valence-electron chi connectivity index (χ0n) is 13.8. The number of rotatable bonds is 10. The predicted octanol–water partition coefficient (Wildman–Crippen LogP) is 0.944. The summed E-state index contributed by atoms with van der Waals surface area (Å²) in [4.78, 5) is 0. The second-order valence-electron chi connectivity index (χ2n) is 6.24. The van der Waals surface area contributed by atoms with E-state index in [0.717, 1.165) is 19.3 Å². The first-order valence-corrected chi connectivity index (χ1v) is 8.38. The molecular formula is C16H32O6. The Hall–Kier alpha value is -0.240. The Kier molecular flexibility index (Phi) is 8.82. The van der Waals surface area contributed by atoms with Gasteiger partial charge in [-0.15, -0.1) is 0 Å². The summed E-state index contributed by atoms with van der Waals surface area (Å²) in [6, 6.07) is 0. The lowest BCUT2D eigenvalue weighted by atomic mass is 9.83. The average molecular weight is 320 g/mol. The molecular weight excluding hydrogens is 288 g/mol. The summed E-state index contributed by atoms with van der Waals surface area (Å²) in [6.45, 7) is 1.76. The van der Waals surface area contributed by atoms with Gasteiger partial charge in [0.05, 0.1) is 6.61 Å². The van der Waals surface area contributed by atoms with Gasteiger partial charge < -0.3 is 29.9 Å². The normalized spacial score (nSPS) is 35.7. The molecule has 0 amide bonds. The van der Waals surface area contributed by atoms with E-state index in [2.05, 4.69) is 6.92 Å². The van der Waals surface area contributed by atoms with E-state index in [1.165, 1.54) is 32.8 Å². The molecule has 1 saturated heterocycles. The van der Waals surface area contributed by atoms with Crippen LogP contribution in [0, 0.1) is 0 Å². The number of unbranched alkanes of at least 4 members (excludes halogenated alkanes) is 6. The van der Waals surface area contributed by atoms with Crippen molar-refractivity contribution < 1.29 is 29.9 Å². The van der Waals surface area contributed by atoms with Crippen LogP contribution in [0.1, 0.15) is 58.3 Å². The summed E-state index contributed by atoms with van der Waals surface area (Å²) in [5.74, 6) is 0. The second-order valence-corrected chi connectivity index (χ2v) is 6.24. The maximum absolute atomic E-state index is 10.2. The van der Waals surface area contributed by atoms with E-state index < -0.39 is 36.8 Å². The third-order valence-electron chi connectivity index (χ3n) is 4.55. The molecule has 0 saturated carbocycles. The van der Waals surface area contributed by atoms with Crippen LogP contribution in [0.25, 0.3) is 0 Å². The number of hydrogen-bond donors (Lipinski definition) is 4. The van der Waals surface area contributed by atoms with E-state index in [1.54, 1.807) is 0 Å². The fourth-order valence-electron chi connectivity index (χ4n) is 3.02. The van der Waals surface area contributed by atoms with Gasteiger partial charge in [-0.3, -0.25) is 0 Å². The Morgan fingerprint density at radius 1 is 0.955 bits per heavy atom. The molecule has 0 aromatic rings. The van der Waals surface area contributed by atoms with Crippen molar-refractivity contribution in [3.8, 4) is 0 Å². The number of methoxy groups -OCH3 is 1. The molecule has 1 fully saturated rings. The molecule has 1 unspecified atom stereocenters. The lowest BCUT2D eigenvalue weighted by Crippen LogP contribution is -2.66. The molecule has 1 heterocycles. The van der Waals surface area contributed by atoms with E-state index in [-0.39, 0.29) is 0 Å². The van der Waals surface area contributed by atoms with Crippen LogP contribution in [0.3, 0.4) is 0 Å². The molecule has 0 bridgehead atoms. The molecule has 1 rings (SSSR count). The highest BCUT2D eigenvalue weighted by Crippen LogP contribution is 2.34. The Morgan fingerprint density at radius 2 is 1.55 bits per heavy atom. The van der Waals surface area contributed by atoms with Crippen LogP contribution in [0.4, 0.5) is 0 Å². The molecule has 4 N–H and O–H groups in total. The Bertz CT molecular complexity index is 298. The molecule has 0 radical (unpaired) electrons. The standard InChI is InChI=1S/C16H32O6/c1-3-4-5-6-7-8-9-10-16(11-17)14(20)12(18)13(19)15(21-2)22-16/h12-15,17-20H,3-11H2,1-2H3/t12-,13-,14+,15-,16?/m0/s1. The molecule has 1 aliphatic rings. The van der Waals surface area contributed by atoms with Crippen molar-refractivity contribution in [3.05, 3.63) is 0 Å². The molecule has 22 heavy (non-hydrogen) atoms. The lowest BCUT2D eigenvalue weighted by Gasteiger charge is -2.47. The van der Waals surface area contributed by atoms with Gasteiger partial charge in [0.15, 0.2) is 6.29 Å². The van der Waals surface area contributed by atoms with Crippen molar-refractivity contribution in [2.24, 2.45) is 0 Å². The van der Waals surface area contributed by atoms with Gasteiger partial charge in [-0.25, -0.2) is 0 Å². The summed E-state index contributed by atoms with van der Waals surface area (Å²) in [5, 5.41) is 39.6. The van der Waals surface area contributed by atoms with Gasteiger partial charge in [-0.2, -0.15) is 0 Å². The summed E-state index contributed by atoms with van der Waals surface area (Å²) < 4.78 is 10.6. The van der Waals surface area contributed by atoms with Crippen LogP contribution in [-0.4, -0.2) is 64.3 Å². The number of aliphatic hydroxyl groups is 4. The van der Waals surface area contributed by atoms with Gasteiger partial charge in [-0.05, 0) is 6.42 Å². The van der Waals surface area contributed by atoms with Gasteiger partial charge in [0, 0.05) is 7.11 Å². The quantitative estimate of drug-likeness (QED) is 0.447. The predicted molar refractivity (Wildman–Crippen MR) is 82.3 cm³/mol. The van der Waals surface area contributed by atoms with E-state index in [0.29, 0.717) is 6.42 Å². The van der Waals surface area contributed by atoms with Crippen LogP contribution in [0.2, 0.25) is 0 Å². The number of hydrogen-bond acceptors (Lipinski definition) is 6. The molecule has 6 nitrogen and oxygen atoms in total. The molecule has 132 valence electrons. The highest BCUT2D eigenvalue weighted by Gasteiger charge is 2.53. The van der Waals surface area contributed by atoms with Crippen LogP contribution < -0.4 is 0 Å². The fourth-order valence-corrected chi connectivity index (χ4v) is 3.02. The SMILES string of the molecule is CCCCCCCCCC1(CO)O[C@H](OC)[C@@H](O)[C@H](O)[C@H]1O. The first-order valence-electron chi connectivity index (χ1n) is 8.38. The monoisotopic (exact) mass is 320 g/mol. The van der Waals surface area contributed by atoms with Crippen molar-refractivity contribution >= 4 is 0 Å². The largest absolute Gasteiger partial charge is 0.393 e. The maximum atomic E-state index is 10.2. The van der Waals surface area contributed by atoms with E-state index in [1.807, 2.05) is 0 Å². The first-order chi connectivity index (χ1) is 10.5. The van der Waals surface area contributed by atoms with Gasteiger partial charge >= 0.3 is 0 Å². The number of ether oxygens (including phenoxy) is 2. The summed E-state index contributed by atoms with van der Waals surface area (Å²) >= 11 is 0. The smallest absolute Gasteiger partial charge is 0.186 e. The second kappa shape index (κ2) is 9.80. The van der Waals surface area contributed by atoms with E-state index in [9.17, 15) is 20.4 Å². The third kappa shape index (κ3) is 4.88. The summed E-state index contributed by atoms with van der Waals surface area (Å²) in [5.41, 5.74) is -1.28. The Morgan fingerprint density at radius 3 is 2.09 bits per heavy atom. The molecule has 6 heteroatoms. The van der Waals surface area contributed by atoms with Crippen LogP contribution >= 0.6 is 0 Å². The van der Waals surface area contributed by atoms with Gasteiger partial charge in [0.2, 0.25) is 0 Å². The van der Waals surface area contributed by atoms with Crippen LogP contribution in [0.5, 0.6) is 0 Å². The van der Waals surface area contributed by atoms with Crippen molar-refractivity contribution in [1.29, 1.82) is 0 Å². The van der Waals surface area contributed by atoms with Gasteiger partial charge in [-0.1, -0.05) is 51.9 Å². The minimum Gasteiger partial charge on any atom is -0.393 e. The summed E-state index contributed by atoms with van der Waals surface area (Å²) in [7, 11) is 1.36. The minimum atomic E-state index is -1.39. The first kappa shape index (κ1) is 19.8. The fraction of sp³-hybridized carbons (Fsp3) is 1.00. The average Bonchev–Trinajstić information content (AvgIpc) is 2.54. The Balaban J connectivity index is 2.48. The van der Waals surface area contributed by atoms with Crippen molar-refractivity contribution in [1.82, 2.24) is 0 Å². The zero-order valence-corrected chi connectivity index (χ0v) is 13.8. The molecule has 0 aromatic carbocycles. The highest BCUT2D eigenvalue weighted by molar-refractivity contribution is 4.99. The van der Waals surface area contributed by atoms with E-state index >= 15 is 0 Å². The van der Waals surface area contributed by atoms with E-state index in [4.69, 9.17) is 9.47 Å². The van der Waals surface area contributed by atoms with Crippen LogP contribution in [0.15, 0.2) is 0 Å². The molecule has 1 aliphatic heterocycles.